The summed E-state index contributed by atoms with van der Waals surface area (Å²) in [5.41, 5.74) is 6.60. The number of amides is 1. The van der Waals surface area contributed by atoms with Crippen LogP contribution in [0.15, 0.2) is 36.4 Å². The number of carbonyl (C=O) groups is 1. The summed E-state index contributed by atoms with van der Waals surface area (Å²) in [6.07, 6.45) is 0. The second kappa shape index (κ2) is 5.32. The molecule has 2 aromatic carbocycles. The van der Waals surface area contributed by atoms with E-state index in [4.69, 9.17) is 15.2 Å². The lowest BCUT2D eigenvalue weighted by Gasteiger charge is -2.18. The molecule has 6 heteroatoms. The highest BCUT2D eigenvalue weighted by atomic mass is 19.1. The standard InChI is InChI=1S/C15H13FN2O3/c16-10-2-3-11(17)12(8-10)18-15(19)9-1-4-13-14(7-9)21-6-5-20-13/h1-4,7-8H,5-6,17H2,(H,18,19). The van der Waals surface area contributed by atoms with Crippen molar-refractivity contribution in [2.45, 2.75) is 0 Å². The number of hydrogen-bond donors (Lipinski definition) is 2. The number of carbonyl (C=O) groups excluding carboxylic acids is 1. The lowest BCUT2D eigenvalue weighted by Crippen LogP contribution is -2.17. The number of benzene rings is 2. The summed E-state index contributed by atoms with van der Waals surface area (Å²) in [7, 11) is 0. The van der Waals surface area contributed by atoms with Crippen LogP contribution >= 0.6 is 0 Å². The second-order valence-corrected chi connectivity index (χ2v) is 4.54. The predicted octanol–water partition coefficient (Wildman–Crippen LogP) is 2.43. The molecular weight excluding hydrogens is 275 g/mol. The average molecular weight is 288 g/mol. The molecule has 0 saturated heterocycles. The van der Waals surface area contributed by atoms with Crippen molar-refractivity contribution < 1.29 is 18.7 Å². The quantitative estimate of drug-likeness (QED) is 0.832. The maximum Gasteiger partial charge on any atom is 0.255 e. The van der Waals surface area contributed by atoms with Crippen molar-refractivity contribution in [3.8, 4) is 11.5 Å². The Kier molecular flexibility index (Phi) is 3.35. The van der Waals surface area contributed by atoms with E-state index in [0.717, 1.165) is 0 Å². The SMILES string of the molecule is Nc1ccc(F)cc1NC(=O)c1ccc2c(c1)OCCO2. The molecule has 0 spiro atoms. The number of rotatable bonds is 2. The van der Waals surface area contributed by atoms with Crippen LogP contribution < -0.4 is 20.5 Å². The average Bonchev–Trinajstić information content (AvgIpc) is 2.50. The summed E-state index contributed by atoms with van der Waals surface area (Å²) in [4.78, 5) is 12.2. The van der Waals surface area contributed by atoms with Crippen LogP contribution in [-0.2, 0) is 0 Å². The van der Waals surface area contributed by atoms with Gasteiger partial charge in [0, 0.05) is 5.56 Å². The Bertz CT molecular complexity index is 703. The number of nitrogens with one attached hydrogen (secondary N) is 1. The van der Waals surface area contributed by atoms with Crippen molar-refractivity contribution in [1.29, 1.82) is 0 Å². The minimum absolute atomic E-state index is 0.231. The van der Waals surface area contributed by atoms with Crippen LogP contribution in [0.5, 0.6) is 11.5 Å². The molecule has 0 radical (unpaired) electrons. The van der Waals surface area contributed by atoms with E-state index in [2.05, 4.69) is 5.32 Å². The van der Waals surface area contributed by atoms with Crippen molar-refractivity contribution in [3.05, 3.63) is 47.8 Å². The van der Waals surface area contributed by atoms with Gasteiger partial charge in [-0.3, -0.25) is 4.79 Å². The van der Waals surface area contributed by atoms with Gasteiger partial charge in [0.05, 0.1) is 11.4 Å². The van der Waals surface area contributed by atoms with Crippen molar-refractivity contribution >= 4 is 17.3 Å². The Morgan fingerprint density at radius 3 is 2.67 bits per heavy atom. The van der Waals surface area contributed by atoms with Crippen molar-refractivity contribution in [2.75, 3.05) is 24.3 Å². The van der Waals surface area contributed by atoms with Crippen molar-refractivity contribution in [3.63, 3.8) is 0 Å². The first kappa shape index (κ1) is 13.2. The van der Waals surface area contributed by atoms with Gasteiger partial charge in [0.1, 0.15) is 19.0 Å². The van der Waals surface area contributed by atoms with Gasteiger partial charge in [0.2, 0.25) is 0 Å². The molecule has 0 fully saturated rings. The van der Waals surface area contributed by atoms with Gasteiger partial charge in [-0.2, -0.15) is 0 Å². The molecule has 3 rings (SSSR count). The molecule has 108 valence electrons. The van der Waals surface area contributed by atoms with Crippen LogP contribution in [0.25, 0.3) is 0 Å². The third kappa shape index (κ3) is 2.74. The smallest absolute Gasteiger partial charge is 0.255 e. The van der Waals surface area contributed by atoms with E-state index < -0.39 is 11.7 Å². The summed E-state index contributed by atoms with van der Waals surface area (Å²) in [5.74, 6) is 0.245. The molecule has 3 N–H and O–H groups in total. The Balaban J connectivity index is 1.83. The molecule has 21 heavy (non-hydrogen) atoms. The molecule has 2 aromatic rings. The third-order valence-electron chi connectivity index (χ3n) is 3.07. The lowest BCUT2D eigenvalue weighted by atomic mass is 10.1. The first-order valence-corrected chi connectivity index (χ1v) is 6.39. The highest BCUT2D eigenvalue weighted by molar-refractivity contribution is 6.06. The molecule has 0 aromatic heterocycles. The summed E-state index contributed by atoms with van der Waals surface area (Å²) in [6.45, 7) is 0.924. The van der Waals surface area contributed by atoms with Gasteiger partial charge < -0.3 is 20.5 Å². The van der Waals surface area contributed by atoms with E-state index >= 15 is 0 Å². The van der Waals surface area contributed by atoms with Crippen LogP contribution in [0.1, 0.15) is 10.4 Å². The molecule has 0 bridgehead atoms. The zero-order valence-electron chi connectivity index (χ0n) is 11.1. The molecular formula is C15H13FN2O3. The zero-order chi connectivity index (χ0) is 14.8. The summed E-state index contributed by atoms with van der Waals surface area (Å²) >= 11 is 0. The number of nitrogens with two attached hydrogens (primary N) is 1. The van der Waals surface area contributed by atoms with Gasteiger partial charge in [-0.25, -0.2) is 4.39 Å². The van der Waals surface area contributed by atoms with Gasteiger partial charge >= 0.3 is 0 Å². The molecule has 0 atom stereocenters. The van der Waals surface area contributed by atoms with E-state index in [9.17, 15) is 9.18 Å². The summed E-state index contributed by atoms with van der Waals surface area (Å²) in [5, 5.41) is 2.57. The summed E-state index contributed by atoms with van der Waals surface area (Å²) < 4.78 is 24.0. The van der Waals surface area contributed by atoms with Gasteiger partial charge in [-0.1, -0.05) is 0 Å². The first-order chi connectivity index (χ1) is 10.1. The fraction of sp³-hybridized carbons (Fsp3) is 0.133. The molecule has 0 unspecified atom stereocenters. The number of hydrogen-bond acceptors (Lipinski definition) is 4. The monoisotopic (exact) mass is 288 g/mol. The number of ether oxygens (including phenoxy) is 2. The van der Waals surface area contributed by atoms with E-state index in [1.807, 2.05) is 0 Å². The molecule has 5 nitrogen and oxygen atoms in total. The van der Waals surface area contributed by atoms with Crippen LogP contribution in [0.2, 0.25) is 0 Å². The normalized spacial score (nSPS) is 12.8. The van der Waals surface area contributed by atoms with Gasteiger partial charge in [-0.15, -0.1) is 0 Å². The minimum Gasteiger partial charge on any atom is -0.486 e. The van der Waals surface area contributed by atoms with Crippen molar-refractivity contribution in [2.24, 2.45) is 0 Å². The maximum atomic E-state index is 13.2. The molecule has 0 aliphatic carbocycles. The van der Waals surface area contributed by atoms with E-state index in [1.54, 1.807) is 18.2 Å². The summed E-state index contributed by atoms with van der Waals surface area (Å²) in [6, 6.07) is 8.66. The molecule has 1 amide bonds. The topological polar surface area (TPSA) is 73.6 Å². The van der Waals surface area contributed by atoms with Gasteiger partial charge in [0.15, 0.2) is 11.5 Å². The highest BCUT2D eigenvalue weighted by Gasteiger charge is 2.15. The minimum atomic E-state index is -0.471. The Morgan fingerprint density at radius 2 is 1.86 bits per heavy atom. The largest absolute Gasteiger partial charge is 0.486 e. The van der Waals surface area contributed by atoms with E-state index in [-0.39, 0.29) is 5.69 Å². The zero-order valence-corrected chi connectivity index (χ0v) is 11.1. The Morgan fingerprint density at radius 1 is 1.10 bits per heavy atom. The number of nitrogen functional groups attached to an aromatic ring is 1. The number of halogens is 1. The van der Waals surface area contributed by atoms with Crippen molar-refractivity contribution in [1.82, 2.24) is 0 Å². The highest BCUT2D eigenvalue weighted by Crippen LogP contribution is 2.31. The van der Waals surface area contributed by atoms with Gasteiger partial charge in [-0.05, 0) is 36.4 Å². The maximum absolute atomic E-state index is 13.2. The molecule has 1 aliphatic heterocycles. The van der Waals surface area contributed by atoms with Crippen LogP contribution in [0, 0.1) is 5.82 Å². The van der Waals surface area contributed by atoms with Gasteiger partial charge in [0.25, 0.3) is 5.91 Å². The van der Waals surface area contributed by atoms with E-state index in [1.165, 1.54) is 18.2 Å². The Hall–Kier alpha value is -2.76. The predicted molar refractivity (Wildman–Crippen MR) is 76.2 cm³/mol. The fourth-order valence-electron chi connectivity index (χ4n) is 2.02. The molecule has 1 aliphatic rings. The third-order valence-corrected chi connectivity index (χ3v) is 3.07. The molecule has 0 saturated carbocycles. The lowest BCUT2D eigenvalue weighted by molar-refractivity contribution is 0.102. The van der Waals surface area contributed by atoms with Crippen LogP contribution in [-0.4, -0.2) is 19.1 Å². The van der Waals surface area contributed by atoms with E-state index in [0.29, 0.717) is 36.0 Å². The number of fused-ring (bicyclic) bond motifs is 1. The second-order valence-electron chi connectivity index (χ2n) is 4.54. The van der Waals surface area contributed by atoms with Crippen LogP contribution in [0.4, 0.5) is 15.8 Å². The number of anilines is 2. The molecule has 1 heterocycles. The first-order valence-electron chi connectivity index (χ1n) is 6.39. The van der Waals surface area contributed by atoms with Crippen LogP contribution in [0.3, 0.4) is 0 Å². The Labute approximate surface area is 120 Å². The fourth-order valence-corrected chi connectivity index (χ4v) is 2.02.